The van der Waals surface area contributed by atoms with Gasteiger partial charge in [0.15, 0.2) is 5.69 Å². The number of carbonyl (C=O) groups is 1. The van der Waals surface area contributed by atoms with Gasteiger partial charge in [-0.25, -0.2) is 4.79 Å². The molecule has 0 bridgehead atoms. The summed E-state index contributed by atoms with van der Waals surface area (Å²) in [6.45, 7) is 2.76. The molecule has 17 heavy (non-hydrogen) atoms. The summed E-state index contributed by atoms with van der Waals surface area (Å²) in [5, 5.41) is 7.51. The van der Waals surface area contributed by atoms with Gasteiger partial charge in [0, 0.05) is 38.4 Å². The molecule has 0 amide bonds. The highest BCUT2D eigenvalue weighted by Gasteiger charge is 2.28. The van der Waals surface area contributed by atoms with Gasteiger partial charge in [0.25, 0.3) is 0 Å². The van der Waals surface area contributed by atoms with Gasteiger partial charge in [-0.15, -0.1) is 0 Å². The first-order valence-electron chi connectivity index (χ1n) is 5.66. The summed E-state index contributed by atoms with van der Waals surface area (Å²) in [5.74, 6) is -0.375. The molecule has 1 saturated heterocycles. The van der Waals surface area contributed by atoms with Gasteiger partial charge >= 0.3 is 5.97 Å². The topological polar surface area (TPSA) is 59.4 Å². The molecule has 94 valence electrons. The van der Waals surface area contributed by atoms with Gasteiger partial charge in [-0.1, -0.05) is 0 Å². The summed E-state index contributed by atoms with van der Waals surface area (Å²) < 4.78 is 6.42. The van der Waals surface area contributed by atoms with Crippen LogP contribution in [0, 0.1) is 0 Å². The zero-order valence-corrected chi connectivity index (χ0v) is 10.4. The predicted molar refractivity (Wildman–Crippen MR) is 62.8 cm³/mol. The monoisotopic (exact) mass is 238 g/mol. The summed E-state index contributed by atoms with van der Waals surface area (Å²) in [5.41, 5.74) is 1.34. The van der Waals surface area contributed by atoms with Crippen LogP contribution in [-0.4, -0.2) is 54.4 Å². The van der Waals surface area contributed by atoms with Gasteiger partial charge in [-0.05, 0) is 7.05 Å². The normalized spacial score (nSPS) is 21.5. The van der Waals surface area contributed by atoms with E-state index in [0.717, 1.165) is 25.2 Å². The Kier molecular flexibility index (Phi) is 3.44. The quantitative estimate of drug-likeness (QED) is 0.722. The smallest absolute Gasteiger partial charge is 0.358 e. The number of hydrogen-bond donors (Lipinski definition) is 1. The van der Waals surface area contributed by atoms with Crippen LogP contribution < -0.4 is 5.32 Å². The van der Waals surface area contributed by atoms with Crippen LogP contribution in [0.4, 0.5) is 0 Å². The van der Waals surface area contributed by atoms with Gasteiger partial charge in [-0.3, -0.25) is 9.58 Å². The van der Waals surface area contributed by atoms with Crippen LogP contribution in [0.3, 0.4) is 0 Å². The highest BCUT2D eigenvalue weighted by molar-refractivity contribution is 5.88. The standard InChI is InChI=1S/C11H18N4O2/c1-14-5-4-12-6-9(14)8-7-15(2)13-10(8)11(16)17-3/h7,9,12H,4-6H2,1-3H3. The molecular weight excluding hydrogens is 220 g/mol. The molecule has 0 radical (unpaired) electrons. The Labute approximate surface area is 101 Å². The lowest BCUT2D eigenvalue weighted by Gasteiger charge is -2.32. The summed E-state index contributed by atoms with van der Waals surface area (Å²) in [6, 6.07) is 0.173. The number of hydrogen-bond acceptors (Lipinski definition) is 5. The van der Waals surface area contributed by atoms with E-state index in [1.54, 1.807) is 4.68 Å². The van der Waals surface area contributed by atoms with E-state index < -0.39 is 0 Å². The van der Waals surface area contributed by atoms with Gasteiger partial charge in [0.2, 0.25) is 0 Å². The molecule has 0 spiro atoms. The Hall–Kier alpha value is -1.40. The third-order valence-electron chi connectivity index (χ3n) is 3.11. The molecular formula is C11H18N4O2. The van der Waals surface area contributed by atoms with E-state index in [9.17, 15) is 4.79 Å². The summed E-state index contributed by atoms with van der Waals surface area (Å²) in [7, 11) is 5.25. The Balaban J connectivity index is 2.33. The highest BCUT2D eigenvalue weighted by Crippen LogP contribution is 2.23. The number of nitrogens with one attached hydrogen (secondary N) is 1. The number of likely N-dealkylation sites (N-methyl/N-ethyl adjacent to an activating group) is 1. The fourth-order valence-corrected chi connectivity index (χ4v) is 2.16. The van der Waals surface area contributed by atoms with Crippen molar-refractivity contribution < 1.29 is 9.53 Å². The van der Waals surface area contributed by atoms with Crippen LogP contribution in [0.5, 0.6) is 0 Å². The minimum atomic E-state index is -0.375. The third kappa shape index (κ3) is 2.32. The van der Waals surface area contributed by atoms with Crippen molar-refractivity contribution in [3.05, 3.63) is 17.5 Å². The average molecular weight is 238 g/mol. The van der Waals surface area contributed by atoms with Crippen LogP contribution in [0.1, 0.15) is 22.1 Å². The fourth-order valence-electron chi connectivity index (χ4n) is 2.16. The van der Waals surface area contributed by atoms with E-state index in [2.05, 4.69) is 22.4 Å². The molecule has 1 fully saturated rings. The molecule has 1 unspecified atom stereocenters. The van der Waals surface area contributed by atoms with Crippen LogP contribution >= 0.6 is 0 Å². The van der Waals surface area contributed by atoms with Gasteiger partial charge in [-0.2, -0.15) is 5.10 Å². The molecule has 6 heteroatoms. The lowest BCUT2D eigenvalue weighted by molar-refractivity contribution is 0.0588. The number of methoxy groups -OCH3 is 1. The Bertz CT molecular complexity index is 416. The highest BCUT2D eigenvalue weighted by atomic mass is 16.5. The second kappa shape index (κ2) is 4.85. The number of esters is 1. The molecule has 1 aromatic rings. The molecule has 1 aliphatic heterocycles. The van der Waals surface area contributed by atoms with Crippen molar-refractivity contribution in [1.29, 1.82) is 0 Å². The van der Waals surface area contributed by atoms with E-state index in [-0.39, 0.29) is 12.0 Å². The predicted octanol–water partition coefficient (Wildman–Crippen LogP) is -0.217. The zero-order valence-electron chi connectivity index (χ0n) is 10.4. The van der Waals surface area contributed by atoms with Gasteiger partial charge < -0.3 is 10.1 Å². The van der Waals surface area contributed by atoms with Crippen LogP contribution in [0.2, 0.25) is 0 Å². The molecule has 1 atom stereocenters. The first kappa shape index (κ1) is 12.1. The van der Waals surface area contributed by atoms with E-state index in [1.165, 1.54) is 7.11 Å². The van der Waals surface area contributed by atoms with Crippen molar-refractivity contribution in [1.82, 2.24) is 20.0 Å². The molecule has 1 aliphatic rings. The number of carbonyl (C=O) groups excluding carboxylic acids is 1. The molecule has 2 heterocycles. The Morgan fingerprint density at radius 2 is 2.35 bits per heavy atom. The van der Waals surface area contributed by atoms with E-state index >= 15 is 0 Å². The summed E-state index contributed by atoms with van der Waals surface area (Å²) >= 11 is 0. The molecule has 1 aromatic heterocycles. The number of ether oxygens (including phenoxy) is 1. The number of rotatable bonds is 2. The zero-order chi connectivity index (χ0) is 12.4. The lowest BCUT2D eigenvalue weighted by atomic mass is 10.0. The molecule has 0 saturated carbocycles. The maximum absolute atomic E-state index is 11.7. The van der Waals surface area contributed by atoms with Crippen LogP contribution in [0.15, 0.2) is 6.20 Å². The van der Waals surface area contributed by atoms with E-state index in [4.69, 9.17) is 4.74 Å². The van der Waals surface area contributed by atoms with Gasteiger partial charge in [0.1, 0.15) is 0 Å². The molecule has 1 N–H and O–H groups in total. The van der Waals surface area contributed by atoms with Crippen LogP contribution in [-0.2, 0) is 11.8 Å². The van der Waals surface area contributed by atoms with Crippen molar-refractivity contribution in [2.75, 3.05) is 33.8 Å². The van der Waals surface area contributed by atoms with E-state index in [0.29, 0.717) is 5.69 Å². The molecule has 2 rings (SSSR count). The summed E-state index contributed by atoms with van der Waals surface area (Å²) in [6.07, 6.45) is 1.89. The second-order valence-corrected chi connectivity index (χ2v) is 4.30. The second-order valence-electron chi connectivity index (χ2n) is 4.30. The number of nitrogens with zero attached hydrogens (tertiary/aromatic N) is 3. The molecule has 0 aromatic carbocycles. The SMILES string of the molecule is COC(=O)c1nn(C)cc1C1CNCCN1C. The first-order valence-corrected chi connectivity index (χ1v) is 5.66. The minimum Gasteiger partial charge on any atom is -0.464 e. The molecule has 6 nitrogen and oxygen atoms in total. The van der Waals surface area contributed by atoms with Crippen molar-refractivity contribution in [3.63, 3.8) is 0 Å². The first-order chi connectivity index (χ1) is 8.13. The Morgan fingerprint density at radius 1 is 1.59 bits per heavy atom. The van der Waals surface area contributed by atoms with Crippen molar-refractivity contribution in [2.24, 2.45) is 7.05 Å². The Morgan fingerprint density at radius 3 is 3.00 bits per heavy atom. The van der Waals surface area contributed by atoms with Gasteiger partial charge in [0.05, 0.1) is 13.2 Å². The molecule has 0 aliphatic carbocycles. The number of aryl methyl sites for hydroxylation is 1. The largest absolute Gasteiger partial charge is 0.464 e. The number of piperazine rings is 1. The summed E-state index contributed by atoms with van der Waals surface area (Å²) in [4.78, 5) is 13.9. The average Bonchev–Trinajstić information content (AvgIpc) is 2.71. The minimum absolute atomic E-state index is 0.173. The third-order valence-corrected chi connectivity index (χ3v) is 3.11. The van der Waals surface area contributed by atoms with Crippen molar-refractivity contribution in [3.8, 4) is 0 Å². The van der Waals surface area contributed by atoms with Crippen LogP contribution in [0.25, 0.3) is 0 Å². The maximum Gasteiger partial charge on any atom is 0.358 e. The maximum atomic E-state index is 11.7. The number of aromatic nitrogens is 2. The lowest BCUT2D eigenvalue weighted by Crippen LogP contribution is -2.44. The van der Waals surface area contributed by atoms with E-state index in [1.807, 2.05) is 13.2 Å². The van der Waals surface area contributed by atoms with Crippen molar-refractivity contribution in [2.45, 2.75) is 6.04 Å². The fraction of sp³-hybridized carbons (Fsp3) is 0.636. The van der Waals surface area contributed by atoms with Crippen molar-refractivity contribution >= 4 is 5.97 Å².